The van der Waals surface area contributed by atoms with Gasteiger partial charge in [0.1, 0.15) is 0 Å². The van der Waals surface area contributed by atoms with Crippen molar-refractivity contribution in [1.29, 1.82) is 0 Å². The second kappa shape index (κ2) is 8.75. The summed E-state index contributed by atoms with van der Waals surface area (Å²) in [4.78, 5) is 37.0. The zero-order valence-corrected chi connectivity index (χ0v) is 14.5. The molecule has 0 radical (unpaired) electrons. The van der Waals surface area contributed by atoms with Crippen LogP contribution in [0, 0.1) is 5.41 Å². The molecule has 0 bridgehead atoms. The maximum atomic E-state index is 12.5. The third-order valence-corrected chi connectivity index (χ3v) is 4.72. The van der Waals surface area contributed by atoms with Crippen molar-refractivity contribution >= 4 is 11.9 Å². The van der Waals surface area contributed by atoms with E-state index < -0.39 is 11.4 Å². The SMILES string of the molecule is COCCCC1(C(=O)O)CCCN(C(=O)CCc2ccc(=O)[nH]n2)C1. The van der Waals surface area contributed by atoms with Crippen molar-refractivity contribution in [2.24, 2.45) is 5.41 Å². The van der Waals surface area contributed by atoms with Crippen LogP contribution < -0.4 is 5.56 Å². The van der Waals surface area contributed by atoms with Gasteiger partial charge in [-0.25, -0.2) is 5.10 Å². The lowest BCUT2D eigenvalue weighted by Gasteiger charge is -2.40. The number of hydrogen-bond acceptors (Lipinski definition) is 5. The summed E-state index contributed by atoms with van der Waals surface area (Å²) in [6.45, 7) is 1.34. The van der Waals surface area contributed by atoms with Crippen LogP contribution in [0.5, 0.6) is 0 Å². The van der Waals surface area contributed by atoms with Gasteiger partial charge in [-0.3, -0.25) is 14.4 Å². The number of aliphatic carboxylic acids is 1. The van der Waals surface area contributed by atoms with E-state index in [4.69, 9.17) is 4.74 Å². The molecular formula is C17H25N3O5. The van der Waals surface area contributed by atoms with Crippen molar-refractivity contribution in [2.45, 2.75) is 38.5 Å². The van der Waals surface area contributed by atoms with Crippen LogP contribution in [0.1, 0.15) is 37.8 Å². The van der Waals surface area contributed by atoms with Crippen LogP contribution in [0.4, 0.5) is 0 Å². The number of carboxylic acids is 1. The Morgan fingerprint density at radius 1 is 1.44 bits per heavy atom. The summed E-state index contributed by atoms with van der Waals surface area (Å²) < 4.78 is 5.02. The first-order valence-corrected chi connectivity index (χ1v) is 8.51. The first-order chi connectivity index (χ1) is 12.0. The molecule has 8 heteroatoms. The Labute approximate surface area is 146 Å². The number of aryl methyl sites for hydroxylation is 1. The number of methoxy groups -OCH3 is 1. The standard InChI is InChI=1S/C17H25N3O5/c1-25-11-3-9-17(16(23)24)8-2-10-20(12-17)15(22)7-5-13-4-6-14(21)19-18-13/h4,6H,2-3,5,7-12H2,1H3,(H,19,21)(H,23,24). The molecular weight excluding hydrogens is 326 g/mol. The molecule has 1 aromatic rings. The van der Waals surface area contributed by atoms with Gasteiger partial charge in [-0.15, -0.1) is 0 Å². The lowest BCUT2D eigenvalue weighted by atomic mass is 9.76. The van der Waals surface area contributed by atoms with Gasteiger partial charge in [-0.1, -0.05) is 0 Å². The summed E-state index contributed by atoms with van der Waals surface area (Å²) >= 11 is 0. The smallest absolute Gasteiger partial charge is 0.311 e. The van der Waals surface area contributed by atoms with Gasteiger partial charge in [0.2, 0.25) is 5.91 Å². The topological polar surface area (TPSA) is 113 Å². The van der Waals surface area contributed by atoms with Gasteiger partial charge in [-0.05, 0) is 31.7 Å². The van der Waals surface area contributed by atoms with E-state index >= 15 is 0 Å². The third kappa shape index (κ3) is 5.12. The van der Waals surface area contributed by atoms with Gasteiger partial charge in [0, 0.05) is 45.7 Å². The molecule has 1 saturated heterocycles. The zero-order chi connectivity index (χ0) is 18.3. The number of ether oxygens (including phenoxy) is 1. The van der Waals surface area contributed by atoms with Gasteiger partial charge in [0.05, 0.1) is 11.1 Å². The summed E-state index contributed by atoms with van der Waals surface area (Å²) in [6, 6.07) is 2.97. The summed E-state index contributed by atoms with van der Waals surface area (Å²) in [5.41, 5.74) is -0.536. The molecule has 1 aliphatic rings. The van der Waals surface area contributed by atoms with Gasteiger partial charge < -0.3 is 14.7 Å². The molecule has 25 heavy (non-hydrogen) atoms. The Morgan fingerprint density at radius 3 is 2.88 bits per heavy atom. The van der Waals surface area contributed by atoms with Crippen molar-refractivity contribution in [2.75, 3.05) is 26.8 Å². The van der Waals surface area contributed by atoms with Gasteiger partial charge in [0.15, 0.2) is 0 Å². The van der Waals surface area contributed by atoms with Crippen molar-refractivity contribution in [3.8, 4) is 0 Å². The first kappa shape index (κ1) is 19.1. The van der Waals surface area contributed by atoms with E-state index in [-0.39, 0.29) is 24.4 Å². The minimum absolute atomic E-state index is 0.0786. The van der Waals surface area contributed by atoms with Gasteiger partial charge >= 0.3 is 5.97 Å². The van der Waals surface area contributed by atoms with Gasteiger partial charge in [-0.2, -0.15) is 5.10 Å². The molecule has 2 heterocycles. The first-order valence-electron chi connectivity index (χ1n) is 8.51. The quantitative estimate of drug-likeness (QED) is 0.671. The largest absolute Gasteiger partial charge is 0.481 e. The molecule has 0 aliphatic carbocycles. The summed E-state index contributed by atoms with van der Waals surface area (Å²) in [5, 5.41) is 15.9. The van der Waals surface area contributed by atoms with Crippen LogP contribution in [-0.4, -0.2) is 58.9 Å². The maximum Gasteiger partial charge on any atom is 0.311 e. The van der Waals surface area contributed by atoms with E-state index in [1.165, 1.54) is 6.07 Å². The molecule has 138 valence electrons. The minimum Gasteiger partial charge on any atom is -0.481 e. The summed E-state index contributed by atoms with van der Waals surface area (Å²) in [7, 11) is 1.59. The van der Waals surface area contributed by atoms with E-state index in [0.29, 0.717) is 50.9 Å². The molecule has 2 rings (SSSR count). The molecule has 1 atom stereocenters. The highest BCUT2D eigenvalue weighted by Crippen LogP contribution is 2.35. The lowest BCUT2D eigenvalue weighted by Crippen LogP contribution is -2.50. The van der Waals surface area contributed by atoms with Crippen molar-refractivity contribution in [3.05, 3.63) is 28.2 Å². The number of aromatic amines is 1. The normalized spacial score (nSPS) is 20.4. The average molecular weight is 351 g/mol. The van der Waals surface area contributed by atoms with Crippen LogP contribution >= 0.6 is 0 Å². The summed E-state index contributed by atoms with van der Waals surface area (Å²) in [6.07, 6.45) is 3.08. The fourth-order valence-corrected chi connectivity index (χ4v) is 3.29. The van der Waals surface area contributed by atoms with E-state index in [9.17, 15) is 19.5 Å². The number of carboxylic acid groups (broad SMARTS) is 1. The summed E-state index contributed by atoms with van der Waals surface area (Å²) in [5.74, 6) is -0.923. The number of likely N-dealkylation sites (tertiary alicyclic amines) is 1. The van der Waals surface area contributed by atoms with Crippen LogP contribution in [-0.2, 0) is 20.7 Å². The van der Waals surface area contributed by atoms with E-state index in [1.54, 1.807) is 18.1 Å². The second-order valence-corrected chi connectivity index (χ2v) is 6.51. The van der Waals surface area contributed by atoms with E-state index in [2.05, 4.69) is 10.2 Å². The number of H-pyrrole nitrogens is 1. The Hall–Kier alpha value is -2.22. The number of piperidine rings is 1. The molecule has 0 saturated carbocycles. The molecule has 1 aliphatic heterocycles. The molecule has 1 fully saturated rings. The Bertz CT molecular complexity index is 639. The molecule has 0 aromatic carbocycles. The predicted molar refractivity (Wildman–Crippen MR) is 90.2 cm³/mol. The molecule has 0 spiro atoms. The lowest BCUT2D eigenvalue weighted by molar-refractivity contribution is -0.155. The molecule has 2 N–H and O–H groups in total. The number of carbonyl (C=O) groups excluding carboxylic acids is 1. The van der Waals surface area contributed by atoms with Crippen molar-refractivity contribution < 1.29 is 19.4 Å². The van der Waals surface area contributed by atoms with Crippen molar-refractivity contribution in [1.82, 2.24) is 15.1 Å². The average Bonchev–Trinajstić information content (AvgIpc) is 2.61. The number of nitrogens with zero attached hydrogens (tertiary/aromatic N) is 2. The second-order valence-electron chi connectivity index (χ2n) is 6.51. The minimum atomic E-state index is -0.886. The van der Waals surface area contributed by atoms with E-state index in [0.717, 1.165) is 0 Å². The number of aromatic nitrogens is 2. The Morgan fingerprint density at radius 2 is 2.24 bits per heavy atom. The van der Waals surface area contributed by atoms with Crippen LogP contribution in [0.15, 0.2) is 16.9 Å². The Kier molecular flexibility index (Phi) is 6.69. The fourth-order valence-electron chi connectivity index (χ4n) is 3.29. The highest BCUT2D eigenvalue weighted by atomic mass is 16.5. The van der Waals surface area contributed by atoms with E-state index in [1.807, 2.05) is 0 Å². The maximum absolute atomic E-state index is 12.5. The number of hydrogen-bond donors (Lipinski definition) is 2. The fraction of sp³-hybridized carbons (Fsp3) is 0.647. The Balaban J connectivity index is 1.95. The molecule has 1 aromatic heterocycles. The van der Waals surface area contributed by atoms with Crippen molar-refractivity contribution in [3.63, 3.8) is 0 Å². The van der Waals surface area contributed by atoms with Crippen LogP contribution in [0.3, 0.4) is 0 Å². The zero-order valence-electron chi connectivity index (χ0n) is 14.5. The predicted octanol–water partition coefficient (Wildman–Crippen LogP) is 0.823. The van der Waals surface area contributed by atoms with Crippen LogP contribution in [0.25, 0.3) is 0 Å². The number of amides is 1. The monoisotopic (exact) mass is 351 g/mol. The van der Waals surface area contributed by atoms with Crippen LogP contribution in [0.2, 0.25) is 0 Å². The number of nitrogens with one attached hydrogen (secondary N) is 1. The molecule has 8 nitrogen and oxygen atoms in total. The van der Waals surface area contributed by atoms with Gasteiger partial charge in [0.25, 0.3) is 5.56 Å². The molecule has 1 unspecified atom stereocenters. The third-order valence-electron chi connectivity index (χ3n) is 4.72. The number of rotatable bonds is 8. The highest BCUT2D eigenvalue weighted by molar-refractivity contribution is 5.79. The molecule has 1 amide bonds. The number of carbonyl (C=O) groups is 2. The highest BCUT2D eigenvalue weighted by Gasteiger charge is 2.42.